The summed E-state index contributed by atoms with van der Waals surface area (Å²) < 4.78 is 15.9. The molecule has 9 nitrogen and oxygen atoms in total. The predicted molar refractivity (Wildman–Crippen MR) is 112 cm³/mol. The highest BCUT2D eigenvalue weighted by molar-refractivity contribution is 5.80. The van der Waals surface area contributed by atoms with Gasteiger partial charge in [0.2, 0.25) is 5.89 Å². The fourth-order valence-corrected chi connectivity index (χ4v) is 3.32. The van der Waals surface area contributed by atoms with Crippen LogP contribution >= 0.6 is 0 Å². The Morgan fingerprint density at radius 2 is 1.90 bits per heavy atom. The number of nitrogens with one attached hydrogen (secondary N) is 2. The van der Waals surface area contributed by atoms with E-state index in [1.807, 2.05) is 25.1 Å². The van der Waals surface area contributed by atoms with Gasteiger partial charge in [-0.25, -0.2) is 4.99 Å². The van der Waals surface area contributed by atoms with Gasteiger partial charge >= 0.3 is 0 Å². The molecule has 1 aliphatic heterocycles. The Morgan fingerprint density at radius 3 is 2.45 bits per heavy atom. The van der Waals surface area contributed by atoms with Crippen LogP contribution in [0.5, 0.6) is 11.5 Å². The second kappa shape index (κ2) is 9.99. The summed E-state index contributed by atoms with van der Waals surface area (Å²) in [6.45, 7) is 6.88. The number of anilines is 1. The van der Waals surface area contributed by atoms with E-state index in [2.05, 4.69) is 30.7 Å². The molecule has 0 amide bonds. The smallest absolute Gasteiger partial charge is 0.248 e. The summed E-state index contributed by atoms with van der Waals surface area (Å²) in [6, 6.07) is 6.34. The van der Waals surface area contributed by atoms with Gasteiger partial charge in [-0.05, 0) is 26.7 Å². The van der Waals surface area contributed by atoms with Crippen molar-refractivity contribution in [3.8, 4) is 11.5 Å². The Labute approximate surface area is 171 Å². The topological polar surface area (TPSA) is 97.0 Å². The molecule has 158 valence electrons. The zero-order valence-corrected chi connectivity index (χ0v) is 17.6. The molecular formula is C20H30N6O3. The molecule has 3 rings (SSSR count). The lowest BCUT2D eigenvalue weighted by Crippen LogP contribution is -2.48. The van der Waals surface area contributed by atoms with E-state index >= 15 is 0 Å². The minimum Gasteiger partial charge on any atom is -0.497 e. The summed E-state index contributed by atoms with van der Waals surface area (Å²) in [7, 11) is 3.35. The lowest BCUT2D eigenvalue weighted by Gasteiger charge is -2.34. The third kappa shape index (κ3) is 5.75. The van der Waals surface area contributed by atoms with E-state index in [4.69, 9.17) is 14.0 Å². The van der Waals surface area contributed by atoms with Gasteiger partial charge in [0.15, 0.2) is 11.8 Å². The van der Waals surface area contributed by atoms with Gasteiger partial charge in [-0.3, -0.25) is 0 Å². The van der Waals surface area contributed by atoms with Crippen LogP contribution in [0.3, 0.4) is 0 Å². The van der Waals surface area contributed by atoms with Gasteiger partial charge in [0.05, 0.1) is 14.2 Å². The van der Waals surface area contributed by atoms with E-state index in [1.165, 1.54) is 0 Å². The summed E-state index contributed by atoms with van der Waals surface area (Å²) in [5.74, 6) is 3.51. The number of hydrogen-bond donors (Lipinski definition) is 2. The summed E-state index contributed by atoms with van der Waals surface area (Å²) in [6.07, 6.45) is 2.01. The summed E-state index contributed by atoms with van der Waals surface area (Å²) >= 11 is 0. The highest BCUT2D eigenvalue weighted by Crippen LogP contribution is 2.30. The van der Waals surface area contributed by atoms with Crippen LogP contribution in [0, 0.1) is 6.92 Å². The van der Waals surface area contributed by atoms with Gasteiger partial charge in [-0.15, -0.1) is 0 Å². The van der Waals surface area contributed by atoms with Crippen molar-refractivity contribution in [2.24, 2.45) is 4.99 Å². The van der Waals surface area contributed by atoms with Crippen molar-refractivity contribution >= 4 is 11.6 Å². The molecule has 0 aliphatic carbocycles. The molecule has 1 aromatic heterocycles. The maximum absolute atomic E-state index is 5.39. The molecule has 0 spiro atoms. The first-order chi connectivity index (χ1) is 14.1. The van der Waals surface area contributed by atoms with Crippen LogP contribution < -0.4 is 25.0 Å². The molecule has 0 bridgehead atoms. The van der Waals surface area contributed by atoms with Gasteiger partial charge in [0.1, 0.15) is 18.0 Å². The minimum absolute atomic E-state index is 0.348. The highest BCUT2D eigenvalue weighted by Gasteiger charge is 2.21. The summed E-state index contributed by atoms with van der Waals surface area (Å²) in [5.41, 5.74) is 1.12. The fraction of sp³-hybridized carbons (Fsp3) is 0.550. The van der Waals surface area contributed by atoms with E-state index in [1.54, 1.807) is 21.1 Å². The molecule has 1 aliphatic rings. The van der Waals surface area contributed by atoms with Crippen molar-refractivity contribution in [3.63, 3.8) is 0 Å². The van der Waals surface area contributed by atoms with Crippen LogP contribution in [0.15, 0.2) is 27.7 Å². The number of rotatable bonds is 7. The number of hydrogen-bond acceptors (Lipinski definition) is 7. The zero-order chi connectivity index (χ0) is 20.6. The molecule has 0 radical (unpaired) electrons. The van der Waals surface area contributed by atoms with Crippen LogP contribution in [0.2, 0.25) is 0 Å². The molecule has 0 unspecified atom stereocenters. The summed E-state index contributed by atoms with van der Waals surface area (Å²) in [4.78, 5) is 11.1. The Bertz CT molecular complexity index is 792. The number of nitrogens with zero attached hydrogens (tertiary/aromatic N) is 4. The predicted octanol–water partition coefficient (Wildman–Crippen LogP) is 2.12. The third-order valence-corrected chi connectivity index (χ3v) is 4.82. The number of guanidine groups is 1. The second-order valence-electron chi connectivity index (χ2n) is 6.91. The zero-order valence-electron chi connectivity index (χ0n) is 17.6. The van der Waals surface area contributed by atoms with Crippen LogP contribution in [0.4, 0.5) is 5.69 Å². The molecule has 1 saturated heterocycles. The molecule has 1 aromatic carbocycles. The number of aryl methyl sites for hydroxylation is 1. The highest BCUT2D eigenvalue weighted by atomic mass is 16.5. The molecule has 2 aromatic rings. The average molecular weight is 402 g/mol. The van der Waals surface area contributed by atoms with Crippen LogP contribution in [-0.4, -0.2) is 56.0 Å². The Morgan fingerprint density at radius 1 is 1.21 bits per heavy atom. The van der Waals surface area contributed by atoms with Crippen molar-refractivity contribution in [1.82, 2.24) is 20.8 Å². The largest absolute Gasteiger partial charge is 0.497 e. The number of benzene rings is 1. The molecule has 9 heteroatoms. The van der Waals surface area contributed by atoms with Crippen molar-refractivity contribution in [2.75, 3.05) is 38.8 Å². The van der Waals surface area contributed by atoms with Crippen LogP contribution in [0.1, 0.15) is 31.5 Å². The standard InChI is InChI=1S/C20H30N6O3/c1-5-21-20(22-13-19-23-14(2)25-29-19)24-15-6-8-26(9-7-15)16-10-17(27-3)12-18(11-16)28-4/h10-12,15H,5-9,13H2,1-4H3,(H2,21,22,24). The normalized spacial score (nSPS) is 15.3. The van der Waals surface area contributed by atoms with Crippen molar-refractivity contribution in [1.29, 1.82) is 0 Å². The Balaban J connectivity index is 1.57. The molecule has 0 atom stereocenters. The van der Waals surface area contributed by atoms with Gasteiger partial charge in [0.25, 0.3) is 0 Å². The Kier molecular flexibility index (Phi) is 7.15. The van der Waals surface area contributed by atoms with Gasteiger partial charge in [0, 0.05) is 49.6 Å². The number of piperidine rings is 1. The lowest BCUT2D eigenvalue weighted by atomic mass is 10.0. The van der Waals surface area contributed by atoms with Crippen molar-refractivity contribution in [2.45, 2.75) is 39.3 Å². The van der Waals surface area contributed by atoms with Crippen LogP contribution in [0.25, 0.3) is 0 Å². The first-order valence-corrected chi connectivity index (χ1v) is 9.93. The van der Waals surface area contributed by atoms with E-state index < -0.39 is 0 Å². The van der Waals surface area contributed by atoms with E-state index in [0.717, 1.165) is 55.6 Å². The van der Waals surface area contributed by atoms with E-state index in [0.29, 0.717) is 24.3 Å². The minimum atomic E-state index is 0.348. The molecule has 2 heterocycles. The number of aliphatic imine (C=N–C) groups is 1. The van der Waals surface area contributed by atoms with Gasteiger partial charge in [-0.1, -0.05) is 5.16 Å². The first kappa shape index (κ1) is 20.8. The first-order valence-electron chi connectivity index (χ1n) is 9.93. The van der Waals surface area contributed by atoms with Crippen LogP contribution in [-0.2, 0) is 6.54 Å². The quantitative estimate of drug-likeness (QED) is 0.537. The monoisotopic (exact) mass is 402 g/mol. The maximum Gasteiger partial charge on any atom is 0.248 e. The lowest BCUT2D eigenvalue weighted by molar-refractivity contribution is 0.376. The number of methoxy groups -OCH3 is 2. The molecule has 2 N–H and O–H groups in total. The molecule has 0 saturated carbocycles. The molecule has 1 fully saturated rings. The fourth-order valence-electron chi connectivity index (χ4n) is 3.32. The third-order valence-electron chi connectivity index (χ3n) is 4.82. The van der Waals surface area contributed by atoms with Crippen molar-refractivity contribution < 1.29 is 14.0 Å². The molecular weight excluding hydrogens is 372 g/mol. The van der Waals surface area contributed by atoms with E-state index in [9.17, 15) is 0 Å². The number of ether oxygens (including phenoxy) is 2. The number of aromatic nitrogens is 2. The Hall–Kier alpha value is -2.97. The SMILES string of the molecule is CCNC(=NCc1nc(C)no1)NC1CCN(c2cc(OC)cc(OC)c2)CC1. The van der Waals surface area contributed by atoms with Crippen molar-refractivity contribution in [3.05, 3.63) is 29.9 Å². The average Bonchev–Trinajstić information content (AvgIpc) is 3.17. The van der Waals surface area contributed by atoms with E-state index in [-0.39, 0.29) is 0 Å². The van der Waals surface area contributed by atoms with Gasteiger partial charge < -0.3 is 29.5 Å². The summed E-state index contributed by atoms with van der Waals surface area (Å²) in [5, 5.41) is 10.6. The second-order valence-corrected chi connectivity index (χ2v) is 6.91. The maximum atomic E-state index is 5.39. The van der Waals surface area contributed by atoms with Gasteiger partial charge in [-0.2, -0.15) is 4.98 Å². The molecule has 29 heavy (non-hydrogen) atoms.